The summed E-state index contributed by atoms with van der Waals surface area (Å²) in [6.07, 6.45) is 3.75. The summed E-state index contributed by atoms with van der Waals surface area (Å²) in [5.74, 6) is 1.30. The van der Waals surface area contributed by atoms with Gasteiger partial charge in [0, 0.05) is 17.3 Å². The summed E-state index contributed by atoms with van der Waals surface area (Å²) in [7, 11) is 1.64. The fourth-order valence-electron chi connectivity index (χ4n) is 3.57. The number of fused-ring (bicyclic) bond motifs is 1. The molecule has 6 heteroatoms. The number of aromatic nitrogens is 4. The van der Waals surface area contributed by atoms with Crippen molar-refractivity contribution in [2.24, 2.45) is 0 Å². The summed E-state index contributed by atoms with van der Waals surface area (Å²) < 4.78 is 7.10. The van der Waals surface area contributed by atoms with E-state index >= 15 is 0 Å². The average Bonchev–Trinajstić information content (AvgIpc) is 3.47. The third kappa shape index (κ3) is 3.64. The van der Waals surface area contributed by atoms with Crippen LogP contribution in [0.4, 0.5) is 0 Å². The Morgan fingerprint density at radius 2 is 1.75 bits per heavy atom. The van der Waals surface area contributed by atoms with Gasteiger partial charge in [0.25, 0.3) is 0 Å². The third-order valence-electron chi connectivity index (χ3n) is 5.19. The van der Waals surface area contributed by atoms with Crippen molar-refractivity contribution in [3.63, 3.8) is 0 Å². The molecule has 5 aromatic rings. The van der Waals surface area contributed by atoms with E-state index in [1.165, 1.54) is 0 Å². The van der Waals surface area contributed by atoms with E-state index in [2.05, 4.69) is 16.0 Å². The second kappa shape index (κ2) is 8.25. The summed E-state index contributed by atoms with van der Waals surface area (Å²) >= 11 is 0. The van der Waals surface area contributed by atoms with Gasteiger partial charge < -0.3 is 9.72 Å². The first kappa shape index (κ1) is 19.3. The van der Waals surface area contributed by atoms with Gasteiger partial charge in [-0.3, -0.25) is 0 Å². The Kier molecular flexibility index (Phi) is 4.98. The van der Waals surface area contributed by atoms with Crippen LogP contribution in [0.5, 0.6) is 5.75 Å². The molecule has 6 nitrogen and oxygen atoms in total. The van der Waals surface area contributed by atoms with Crippen LogP contribution in [-0.2, 0) is 0 Å². The van der Waals surface area contributed by atoms with Crippen molar-refractivity contribution in [1.29, 1.82) is 5.26 Å². The Bertz CT molecular complexity index is 1420. The maximum Gasteiger partial charge on any atom is 0.149 e. The number of ether oxygens (including phenoxy) is 1. The zero-order chi connectivity index (χ0) is 21.9. The molecule has 2 aromatic heterocycles. The monoisotopic (exact) mass is 417 g/mol. The van der Waals surface area contributed by atoms with E-state index in [9.17, 15) is 5.26 Å². The molecule has 0 aliphatic carbocycles. The molecule has 2 heterocycles. The van der Waals surface area contributed by atoms with Crippen LogP contribution in [0.15, 0.2) is 85.1 Å². The molecular weight excluding hydrogens is 398 g/mol. The minimum atomic E-state index is 0.434. The number of H-pyrrole nitrogens is 1. The molecule has 0 atom stereocenters. The van der Waals surface area contributed by atoms with Crippen molar-refractivity contribution in [3.8, 4) is 28.8 Å². The van der Waals surface area contributed by atoms with Crippen LogP contribution in [0.1, 0.15) is 11.4 Å². The molecule has 0 amide bonds. The van der Waals surface area contributed by atoms with Gasteiger partial charge >= 0.3 is 0 Å². The van der Waals surface area contributed by atoms with Crippen LogP contribution in [0.3, 0.4) is 0 Å². The molecule has 0 bridgehead atoms. The lowest BCUT2D eigenvalue weighted by atomic mass is 10.1. The van der Waals surface area contributed by atoms with Gasteiger partial charge in [-0.05, 0) is 54.6 Å². The topological polar surface area (TPSA) is 79.5 Å². The summed E-state index contributed by atoms with van der Waals surface area (Å²) in [5, 5.41) is 14.7. The lowest BCUT2D eigenvalue weighted by Crippen LogP contribution is -1.94. The van der Waals surface area contributed by atoms with Crippen molar-refractivity contribution in [1.82, 2.24) is 19.7 Å². The predicted molar refractivity (Wildman–Crippen MR) is 125 cm³/mol. The van der Waals surface area contributed by atoms with Gasteiger partial charge in [-0.25, -0.2) is 9.67 Å². The number of aromatic amines is 1. The second-order valence-electron chi connectivity index (χ2n) is 7.21. The first-order valence-corrected chi connectivity index (χ1v) is 10.1. The minimum absolute atomic E-state index is 0.434. The molecule has 154 valence electrons. The maximum atomic E-state index is 9.90. The van der Waals surface area contributed by atoms with Crippen LogP contribution in [-0.4, -0.2) is 26.9 Å². The van der Waals surface area contributed by atoms with Crippen LogP contribution in [0, 0.1) is 11.3 Å². The third-order valence-corrected chi connectivity index (χ3v) is 5.19. The largest absolute Gasteiger partial charge is 0.497 e. The van der Waals surface area contributed by atoms with E-state index in [1.54, 1.807) is 7.11 Å². The molecule has 32 heavy (non-hydrogen) atoms. The molecule has 0 aliphatic rings. The number of benzene rings is 3. The van der Waals surface area contributed by atoms with Crippen LogP contribution >= 0.6 is 0 Å². The molecule has 5 rings (SSSR count). The van der Waals surface area contributed by atoms with E-state index in [1.807, 2.05) is 95.8 Å². The van der Waals surface area contributed by atoms with Crippen molar-refractivity contribution >= 4 is 22.7 Å². The summed E-state index contributed by atoms with van der Waals surface area (Å²) in [6.45, 7) is 0. The highest BCUT2D eigenvalue weighted by Gasteiger charge is 2.14. The zero-order valence-electron chi connectivity index (χ0n) is 17.4. The molecule has 0 saturated heterocycles. The average molecular weight is 417 g/mol. The van der Waals surface area contributed by atoms with Crippen LogP contribution in [0.25, 0.3) is 39.6 Å². The van der Waals surface area contributed by atoms with E-state index in [4.69, 9.17) is 9.84 Å². The molecule has 0 aliphatic heterocycles. The van der Waals surface area contributed by atoms with Gasteiger partial charge in [-0.2, -0.15) is 10.4 Å². The quantitative estimate of drug-likeness (QED) is 0.384. The van der Waals surface area contributed by atoms with Gasteiger partial charge in [0.1, 0.15) is 17.6 Å². The fourth-order valence-corrected chi connectivity index (χ4v) is 3.57. The minimum Gasteiger partial charge on any atom is -0.497 e. The summed E-state index contributed by atoms with van der Waals surface area (Å²) in [6, 6.07) is 27.6. The number of hydrogen-bond acceptors (Lipinski definition) is 4. The number of allylic oxidation sites excluding steroid dienone is 1. The number of imidazole rings is 1. The van der Waals surface area contributed by atoms with Crippen molar-refractivity contribution in [3.05, 3.63) is 96.4 Å². The van der Waals surface area contributed by atoms with Crippen LogP contribution < -0.4 is 4.74 Å². The summed E-state index contributed by atoms with van der Waals surface area (Å²) in [4.78, 5) is 7.81. The second-order valence-corrected chi connectivity index (χ2v) is 7.21. The Morgan fingerprint density at radius 3 is 2.47 bits per heavy atom. The Balaban J connectivity index is 1.65. The highest BCUT2D eigenvalue weighted by molar-refractivity contribution is 5.92. The first-order chi connectivity index (χ1) is 15.7. The Labute approximate surface area is 185 Å². The number of nitrogens with one attached hydrogen (secondary N) is 1. The highest BCUT2D eigenvalue weighted by Crippen LogP contribution is 2.29. The molecule has 0 spiro atoms. The number of rotatable bonds is 5. The maximum absolute atomic E-state index is 9.90. The van der Waals surface area contributed by atoms with Gasteiger partial charge in [0.05, 0.1) is 35.1 Å². The number of methoxy groups -OCH3 is 1. The molecule has 0 saturated carbocycles. The first-order valence-electron chi connectivity index (χ1n) is 10.1. The Morgan fingerprint density at radius 1 is 1.00 bits per heavy atom. The van der Waals surface area contributed by atoms with Gasteiger partial charge in [-0.1, -0.05) is 30.3 Å². The van der Waals surface area contributed by atoms with E-state index in [0.29, 0.717) is 11.4 Å². The Hall–Kier alpha value is -4.63. The molecule has 0 fully saturated rings. The lowest BCUT2D eigenvalue weighted by Gasteiger charge is -2.03. The number of para-hydroxylation sites is 3. The van der Waals surface area contributed by atoms with E-state index < -0.39 is 0 Å². The molecular formula is C26H19N5O. The van der Waals surface area contributed by atoms with E-state index in [0.717, 1.165) is 39.3 Å². The standard InChI is InChI=1S/C26H19N5O/c1-32-22-13-11-18(12-14-22)25-20(17-31(30-25)21-7-3-2-4-8-21)15-19(16-27)26-28-23-9-5-6-10-24(23)29-26/h2-15,17H,1H3,(H,28,29)/b19-15-. The molecule has 3 aromatic carbocycles. The van der Waals surface area contributed by atoms with Gasteiger partial charge in [-0.15, -0.1) is 0 Å². The van der Waals surface area contributed by atoms with Crippen molar-refractivity contribution < 1.29 is 4.74 Å². The molecule has 0 unspecified atom stereocenters. The number of hydrogen-bond donors (Lipinski definition) is 1. The van der Waals surface area contributed by atoms with Crippen LogP contribution in [0.2, 0.25) is 0 Å². The number of nitriles is 1. The normalized spacial score (nSPS) is 11.4. The van der Waals surface area contributed by atoms with Crippen molar-refractivity contribution in [2.75, 3.05) is 7.11 Å². The smallest absolute Gasteiger partial charge is 0.149 e. The molecule has 0 radical (unpaired) electrons. The number of nitrogens with zero attached hydrogens (tertiary/aromatic N) is 4. The molecule has 1 N–H and O–H groups in total. The van der Waals surface area contributed by atoms with Gasteiger partial charge in [0.2, 0.25) is 0 Å². The SMILES string of the molecule is COc1ccc(-c2nn(-c3ccccc3)cc2/C=C(/C#N)c2nc3ccccc3[nH]2)cc1. The fraction of sp³-hybridized carbons (Fsp3) is 0.0385. The zero-order valence-corrected chi connectivity index (χ0v) is 17.4. The summed E-state index contributed by atoms with van der Waals surface area (Å²) in [5.41, 5.74) is 5.58. The van der Waals surface area contributed by atoms with Gasteiger partial charge in [0.15, 0.2) is 0 Å². The van der Waals surface area contributed by atoms with E-state index in [-0.39, 0.29) is 0 Å². The van der Waals surface area contributed by atoms with Crippen molar-refractivity contribution in [2.45, 2.75) is 0 Å². The lowest BCUT2D eigenvalue weighted by molar-refractivity contribution is 0.415. The highest BCUT2D eigenvalue weighted by atomic mass is 16.5. The predicted octanol–water partition coefficient (Wildman–Crippen LogP) is 5.49.